The van der Waals surface area contributed by atoms with E-state index in [0.717, 1.165) is 22.5 Å². The number of imidazole rings is 1. The summed E-state index contributed by atoms with van der Waals surface area (Å²) >= 11 is 0. The Balaban J connectivity index is 1.54. The van der Waals surface area contributed by atoms with Gasteiger partial charge in [-0.15, -0.1) is 10.9 Å². The summed E-state index contributed by atoms with van der Waals surface area (Å²) in [6.07, 6.45) is 0. The Morgan fingerprint density at radius 2 is 0.900 bits per heavy atom. The van der Waals surface area contributed by atoms with Gasteiger partial charge in [0.25, 0.3) is 0 Å². The number of hydrogen-bond acceptors (Lipinski definition) is 1. The van der Waals surface area contributed by atoms with Crippen molar-refractivity contribution in [1.82, 2.24) is 9.55 Å². The molecule has 8 aromatic rings. The van der Waals surface area contributed by atoms with E-state index in [-0.39, 0.29) is 5.11 Å². The van der Waals surface area contributed by atoms with Crippen molar-refractivity contribution in [1.29, 1.82) is 0 Å². The number of nitrogens with zero attached hydrogens (tertiary/aromatic N) is 2. The summed E-state index contributed by atoms with van der Waals surface area (Å²) in [4.78, 5) is 5.21. The smallest absolute Gasteiger partial charge is 0.140 e. The Labute approximate surface area is 304 Å². The van der Waals surface area contributed by atoms with Crippen LogP contribution >= 0.6 is 0 Å². The van der Waals surface area contributed by atoms with E-state index in [9.17, 15) is 0 Å². The molecule has 50 heavy (non-hydrogen) atoms. The first-order valence-corrected chi connectivity index (χ1v) is 17.9. The minimum Gasteiger partial charge on any atom is -0.297 e. The van der Waals surface area contributed by atoms with E-state index >= 15 is 0 Å². The highest BCUT2D eigenvalue weighted by atomic mass is 15.1. The Morgan fingerprint density at radius 1 is 0.440 bits per heavy atom. The molecule has 0 saturated heterocycles. The summed E-state index contributed by atoms with van der Waals surface area (Å²) in [7, 11) is 23.0. The maximum absolute atomic E-state index is 5.21. The molecule has 0 aliphatic rings. The first-order chi connectivity index (χ1) is 23.9. The van der Waals surface area contributed by atoms with Crippen molar-refractivity contribution >= 4 is 160 Å². The monoisotopic (exact) mass is 630 g/mol. The molecular weight excluding hydrogens is 593 g/mol. The van der Waals surface area contributed by atoms with Crippen LogP contribution in [0, 0.1) is 0 Å². The van der Waals surface area contributed by atoms with Crippen LogP contribution in [0.25, 0.3) is 71.3 Å². The molecule has 228 valence electrons. The van der Waals surface area contributed by atoms with Crippen LogP contribution in [-0.2, 0) is 5.11 Å². The topological polar surface area (TPSA) is 17.8 Å². The molecule has 8 rings (SSSR count). The van der Waals surface area contributed by atoms with Crippen molar-refractivity contribution in [2.24, 2.45) is 0 Å². The molecule has 12 heteroatoms. The third-order valence-corrected chi connectivity index (χ3v) is 11.6. The molecule has 7 aromatic carbocycles. The summed E-state index contributed by atoms with van der Waals surface area (Å²) in [5.41, 5.74) is 18.2. The van der Waals surface area contributed by atoms with Gasteiger partial charge in [-0.3, -0.25) is 4.57 Å². The molecule has 0 unspecified atom stereocenters. The van der Waals surface area contributed by atoms with Crippen LogP contribution < -0.4 is 38.2 Å². The SMILES string of the molecule is Bc1c(B)c(B)c2c(B)c(-c3c4ccccc4c(-c4ccccc4-n4c(C(B)(B)B)nc5ccccc54)c4ccccc34)c(B)c(B)c2c1B. The number of rotatable bonds is 4. The van der Waals surface area contributed by atoms with Crippen molar-refractivity contribution in [3.63, 3.8) is 0 Å². The minimum absolute atomic E-state index is 0.156. The average molecular weight is 629 g/mol. The summed E-state index contributed by atoms with van der Waals surface area (Å²) in [5, 5.41) is 7.77. The highest BCUT2D eigenvalue weighted by Crippen LogP contribution is 2.45. The van der Waals surface area contributed by atoms with Crippen LogP contribution in [-0.4, -0.2) is 88.0 Å². The average Bonchev–Trinajstić information content (AvgIpc) is 3.51. The molecule has 0 amide bonds. The molecule has 0 aliphatic carbocycles. The second-order valence-electron chi connectivity index (χ2n) is 15.4. The van der Waals surface area contributed by atoms with Gasteiger partial charge in [0, 0.05) is 5.56 Å². The quantitative estimate of drug-likeness (QED) is 0.141. The van der Waals surface area contributed by atoms with E-state index in [1.165, 1.54) is 92.8 Å². The van der Waals surface area contributed by atoms with Crippen molar-refractivity contribution in [3.05, 3.63) is 103 Å². The van der Waals surface area contributed by atoms with Crippen molar-refractivity contribution in [2.75, 3.05) is 0 Å². The fourth-order valence-electron chi connectivity index (χ4n) is 8.75. The maximum Gasteiger partial charge on any atom is 0.140 e. The van der Waals surface area contributed by atoms with Gasteiger partial charge in [0.05, 0.1) is 46.1 Å². The van der Waals surface area contributed by atoms with Crippen molar-refractivity contribution in [3.8, 4) is 27.9 Å². The lowest BCUT2D eigenvalue weighted by Crippen LogP contribution is -2.52. The number of benzene rings is 7. The molecule has 0 atom stereocenters. The third kappa shape index (κ3) is 4.67. The summed E-state index contributed by atoms with van der Waals surface area (Å²) < 4.78 is 2.40. The molecule has 0 aliphatic heterocycles. The van der Waals surface area contributed by atoms with E-state index in [1.54, 1.807) is 0 Å². The molecule has 0 saturated carbocycles. The van der Waals surface area contributed by atoms with Gasteiger partial charge in [-0.25, -0.2) is 4.98 Å². The summed E-state index contributed by atoms with van der Waals surface area (Å²) in [5.74, 6) is 1.06. The van der Waals surface area contributed by atoms with Crippen LogP contribution in [0.2, 0.25) is 0 Å². The van der Waals surface area contributed by atoms with Crippen LogP contribution in [0.15, 0.2) is 97.1 Å². The fourth-order valence-corrected chi connectivity index (χ4v) is 8.75. The number of aromatic nitrogens is 2. The zero-order chi connectivity index (χ0) is 35.2. The van der Waals surface area contributed by atoms with Crippen LogP contribution in [0.1, 0.15) is 5.82 Å². The highest BCUT2D eigenvalue weighted by Gasteiger charge is 2.27. The lowest BCUT2D eigenvalue weighted by Gasteiger charge is -2.27. The van der Waals surface area contributed by atoms with Gasteiger partial charge in [-0.2, -0.15) is 0 Å². The highest BCUT2D eigenvalue weighted by molar-refractivity contribution is 6.72. The van der Waals surface area contributed by atoms with Gasteiger partial charge >= 0.3 is 0 Å². The van der Waals surface area contributed by atoms with Gasteiger partial charge in [-0.1, -0.05) is 111 Å². The number of fused-ring (bicyclic) bond motifs is 4. The van der Waals surface area contributed by atoms with Crippen LogP contribution in [0.3, 0.4) is 0 Å². The predicted octanol–water partition coefficient (Wildman–Crippen LogP) is -5.36. The standard InChI is InChI=1S/C38H36B10N2/c39-30-27(31(40)32(41)29-28(30)33(42)35(44)36(45)34(29)43)26-19-11-3-1-9-17(19)25(18-10-2-4-12-20(18)26)21-13-5-7-15-23(21)50-24-16-8-6-14-22(24)49-37(50)38(46,47)48/h1-16H,39-48H2. The molecular formula is C38H36B10N2. The van der Waals surface area contributed by atoms with Crippen molar-refractivity contribution in [2.45, 2.75) is 5.11 Å². The Bertz CT molecular complexity index is 2670. The van der Waals surface area contributed by atoms with Gasteiger partial charge < -0.3 is 0 Å². The largest absolute Gasteiger partial charge is 0.297 e. The Morgan fingerprint density at radius 3 is 1.48 bits per heavy atom. The molecule has 1 heterocycles. The predicted molar refractivity (Wildman–Crippen MR) is 249 cm³/mol. The van der Waals surface area contributed by atoms with E-state index in [4.69, 9.17) is 4.98 Å². The second kappa shape index (κ2) is 11.8. The van der Waals surface area contributed by atoms with Gasteiger partial charge in [0.15, 0.2) is 0 Å². The number of hydrogen-bond donors (Lipinski definition) is 0. The molecule has 0 spiro atoms. The Kier molecular flexibility index (Phi) is 7.68. The van der Waals surface area contributed by atoms with Crippen LogP contribution in [0.4, 0.5) is 0 Å². The van der Waals surface area contributed by atoms with Crippen molar-refractivity contribution < 1.29 is 0 Å². The normalized spacial score (nSPS) is 12.0. The van der Waals surface area contributed by atoms with E-state index in [2.05, 4.69) is 180 Å². The summed E-state index contributed by atoms with van der Waals surface area (Å²) in [6.45, 7) is 0. The second-order valence-corrected chi connectivity index (χ2v) is 15.4. The fraction of sp³-hybridized carbons (Fsp3) is 0.0263. The molecule has 0 bridgehead atoms. The van der Waals surface area contributed by atoms with E-state index in [1.807, 2.05) is 0 Å². The lowest BCUT2D eigenvalue weighted by atomic mass is 9.42. The van der Waals surface area contributed by atoms with Gasteiger partial charge in [0.2, 0.25) is 0 Å². The van der Waals surface area contributed by atoms with Crippen LogP contribution in [0.5, 0.6) is 0 Å². The molecule has 0 N–H and O–H groups in total. The zero-order valence-electron chi connectivity index (χ0n) is 31.1. The first kappa shape index (κ1) is 32.6. The third-order valence-electron chi connectivity index (χ3n) is 11.6. The zero-order valence-corrected chi connectivity index (χ0v) is 31.1. The van der Waals surface area contributed by atoms with Gasteiger partial charge in [0.1, 0.15) is 54.9 Å². The van der Waals surface area contributed by atoms with E-state index < -0.39 is 0 Å². The molecule has 1 aromatic heterocycles. The molecule has 2 nitrogen and oxygen atoms in total. The van der Waals surface area contributed by atoms with Gasteiger partial charge in [-0.05, 0) is 67.2 Å². The van der Waals surface area contributed by atoms with E-state index in [0.29, 0.717) is 0 Å². The maximum atomic E-state index is 5.21. The molecule has 0 radical (unpaired) electrons. The number of para-hydroxylation sites is 3. The first-order valence-electron chi connectivity index (χ1n) is 17.9. The summed E-state index contributed by atoms with van der Waals surface area (Å²) in [6, 6.07) is 35.6. The Hall–Kier alpha value is -4.56. The minimum atomic E-state index is -0.156. The lowest BCUT2D eigenvalue weighted by molar-refractivity contribution is 0.931. The molecule has 0 fully saturated rings.